The molecule has 0 aliphatic heterocycles. The number of nitrogens with two attached hydrogens (primary N) is 1. The summed E-state index contributed by atoms with van der Waals surface area (Å²) in [6.07, 6.45) is 0. The summed E-state index contributed by atoms with van der Waals surface area (Å²) < 4.78 is 1.95. The molecular formula is C6H6N12O4. The first-order chi connectivity index (χ1) is 10.5. The van der Waals surface area contributed by atoms with Gasteiger partial charge in [-0.2, -0.15) is 4.68 Å². The summed E-state index contributed by atoms with van der Waals surface area (Å²) in [6, 6.07) is 0. The Morgan fingerprint density at radius 2 is 1.95 bits per heavy atom. The first-order valence-electron chi connectivity index (χ1n) is 5.42. The maximum Gasteiger partial charge on any atom is 0.468 e. The van der Waals surface area contributed by atoms with Crippen LogP contribution in [0.3, 0.4) is 0 Å². The number of aryl methyl sites for hydroxylation is 2. The van der Waals surface area contributed by atoms with Crippen LogP contribution in [0.2, 0.25) is 0 Å². The molecule has 0 atom stereocenters. The van der Waals surface area contributed by atoms with E-state index in [0.717, 1.165) is 9.36 Å². The largest absolute Gasteiger partial charge is 0.468 e. The zero-order chi connectivity index (χ0) is 16.3. The summed E-state index contributed by atoms with van der Waals surface area (Å²) in [5, 5.41) is 38.5. The molecule has 16 nitrogen and oxygen atoms in total. The Morgan fingerprint density at radius 1 is 1.27 bits per heavy atom. The van der Waals surface area contributed by atoms with Crippen LogP contribution >= 0.6 is 0 Å². The molecule has 2 heterocycles. The highest BCUT2D eigenvalue weighted by molar-refractivity contribution is 5.62. The van der Waals surface area contributed by atoms with Crippen molar-refractivity contribution in [3.8, 4) is 0 Å². The van der Waals surface area contributed by atoms with Crippen LogP contribution < -0.4 is 5.73 Å². The molecule has 2 rings (SSSR count). The lowest BCUT2D eigenvalue weighted by atomic mass is 10.5. The lowest BCUT2D eigenvalue weighted by Gasteiger charge is -2.00. The van der Waals surface area contributed by atoms with Crippen LogP contribution in [0.5, 0.6) is 0 Å². The quantitative estimate of drug-likeness (QED) is 0.247. The smallest absolute Gasteiger partial charge is 0.367 e. The second-order valence-corrected chi connectivity index (χ2v) is 3.68. The molecule has 22 heavy (non-hydrogen) atoms. The van der Waals surface area contributed by atoms with E-state index in [1.165, 1.54) is 0 Å². The van der Waals surface area contributed by atoms with Gasteiger partial charge in [-0.3, -0.25) is 10.1 Å². The standard InChI is InChI=1S/C6H6N12O4/c7-6-10-13-14-16(6)2-1-15-4(9-12-8)3(17(19)20)5(11-15)18(21)22/h1-2H2,(H2,7,10,14). The monoisotopic (exact) mass is 310 g/mol. The van der Waals surface area contributed by atoms with Crippen molar-refractivity contribution in [1.29, 1.82) is 0 Å². The number of nitrogens with zero attached hydrogens (tertiary/aromatic N) is 11. The highest BCUT2D eigenvalue weighted by atomic mass is 16.6. The molecule has 0 amide bonds. The number of aromatic nitrogens is 6. The van der Waals surface area contributed by atoms with E-state index in [1.54, 1.807) is 0 Å². The zero-order valence-corrected chi connectivity index (χ0v) is 10.5. The molecule has 0 aromatic carbocycles. The van der Waals surface area contributed by atoms with Crippen LogP contribution in [0.1, 0.15) is 0 Å². The predicted octanol–water partition coefficient (Wildman–Crippen LogP) is -0.0898. The van der Waals surface area contributed by atoms with E-state index in [9.17, 15) is 20.2 Å². The number of rotatable bonds is 6. The Kier molecular flexibility index (Phi) is 3.76. The van der Waals surface area contributed by atoms with E-state index in [4.69, 9.17) is 11.3 Å². The Morgan fingerprint density at radius 3 is 2.45 bits per heavy atom. The highest BCUT2D eigenvalue weighted by Crippen LogP contribution is 2.36. The van der Waals surface area contributed by atoms with Gasteiger partial charge in [0, 0.05) is 4.91 Å². The van der Waals surface area contributed by atoms with Crippen LogP contribution in [0.25, 0.3) is 10.4 Å². The number of azide groups is 1. The van der Waals surface area contributed by atoms with E-state index in [-0.39, 0.29) is 19.0 Å². The molecule has 0 aliphatic carbocycles. The van der Waals surface area contributed by atoms with E-state index < -0.39 is 27.2 Å². The van der Waals surface area contributed by atoms with Crippen molar-refractivity contribution in [1.82, 2.24) is 30.0 Å². The summed E-state index contributed by atoms with van der Waals surface area (Å²) in [4.78, 5) is 22.1. The lowest BCUT2D eigenvalue weighted by Crippen LogP contribution is -2.12. The topological polar surface area (TPSA) is 222 Å². The van der Waals surface area contributed by atoms with Gasteiger partial charge in [0.2, 0.25) is 11.8 Å². The van der Waals surface area contributed by atoms with Gasteiger partial charge in [0.1, 0.15) is 0 Å². The fraction of sp³-hybridized carbons (Fsp3) is 0.333. The molecule has 2 aromatic rings. The molecule has 0 unspecified atom stereocenters. The fourth-order valence-corrected chi connectivity index (χ4v) is 1.58. The summed E-state index contributed by atoms with van der Waals surface area (Å²) in [7, 11) is 0. The Labute approximate surface area is 119 Å². The van der Waals surface area contributed by atoms with Crippen LogP contribution in [0.15, 0.2) is 5.11 Å². The third kappa shape index (κ3) is 2.56. The number of nitrogen functional groups attached to an aromatic ring is 1. The summed E-state index contributed by atoms with van der Waals surface area (Å²) in [6.45, 7) is -0.138. The van der Waals surface area contributed by atoms with Crippen molar-refractivity contribution in [3.05, 3.63) is 30.7 Å². The van der Waals surface area contributed by atoms with Gasteiger partial charge < -0.3 is 15.8 Å². The molecule has 0 fully saturated rings. The molecule has 2 aromatic heterocycles. The van der Waals surface area contributed by atoms with Gasteiger partial charge in [0.15, 0.2) is 0 Å². The minimum Gasteiger partial charge on any atom is -0.367 e. The van der Waals surface area contributed by atoms with E-state index in [0.29, 0.717) is 0 Å². The van der Waals surface area contributed by atoms with Gasteiger partial charge in [0.25, 0.3) is 0 Å². The van der Waals surface area contributed by atoms with Crippen molar-refractivity contribution in [2.45, 2.75) is 13.1 Å². The van der Waals surface area contributed by atoms with Crippen LogP contribution in [-0.4, -0.2) is 39.8 Å². The van der Waals surface area contributed by atoms with E-state index in [1.807, 2.05) is 0 Å². The van der Waals surface area contributed by atoms with Crippen molar-refractivity contribution >= 4 is 23.3 Å². The Balaban J connectivity index is 2.44. The molecule has 0 aliphatic rings. The number of hydrogen-bond donors (Lipinski definition) is 1. The van der Waals surface area contributed by atoms with Gasteiger partial charge in [-0.1, -0.05) is 5.10 Å². The second-order valence-electron chi connectivity index (χ2n) is 3.68. The van der Waals surface area contributed by atoms with Gasteiger partial charge in [-0.05, 0) is 26.0 Å². The van der Waals surface area contributed by atoms with Crippen molar-refractivity contribution in [2.24, 2.45) is 5.11 Å². The molecule has 16 heteroatoms. The first-order valence-corrected chi connectivity index (χ1v) is 5.42. The van der Waals surface area contributed by atoms with Crippen LogP contribution in [0, 0.1) is 20.2 Å². The zero-order valence-electron chi connectivity index (χ0n) is 10.5. The average molecular weight is 310 g/mol. The van der Waals surface area contributed by atoms with Gasteiger partial charge in [0.05, 0.1) is 23.1 Å². The van der Waals surface area contributed by atoms with Crippen molar-refractivity contribution in [3.63, 3.8) is 0 Å². The Bertz CT molecular complexity index is 784. The molecule has 0 radical (unpaired) electrons. The predicted molar refractivity (Wildman–Crippen MR) is 66.6 cm³/mol. The third-order valence-electron chi connectivity index (χ3n) is 2.46. The summed E-state index contributed by atoms with van der Waals surface area (Å²) >= 11 is 0. The average Bonchev–Trinajstić information content (AvgIpc) is 3.01. The van der Waals surface area contributed by atoms with E-state index in [2.05, 4.69) is 30.7 Å². The third-order valence-corrected chi connectivity index (χ3v) is 2.46. The van der Waals surface area contributed by atoms with Crippen LogP contribution in [0.4, 0.5) is 23.3 Å². The van der Waals surface area contributed by atoms with Crippen LogP contribution in [-0.2, 0) is 13.1 Å². The highest BCUT2D eigenvalue weighted by Gasteiger charge is 2.37. The maximum absolute atomic E-state index is 10.9. The minimum absolute atomic E-state index is 0.00275. The molecule has 0 bridgehead atoms. The van der Waals surface area contributed by atoms with Gasteiger partial charge in [-0.15, -0.1) is 0 Å². The molecule has 0 saturated heterocycles. The molecule has 0 spiro atoms. The number of nitro groups is 2. The van der Waals surface area contributed by atoms with Crippen molar-refractivity contribution in [2.75, 3.05) is 5.73 Å². The van der Waals surface area contributed by atoms with Gasteiger partial charge >= 0.3 is 11.5 Å². The summed E-state index contributed by atoms with van der Waals surface area (Å²) in [5.41, 5.74) is 12.9. The first kappa shape index (κ1) is 14.6. The molecular weight excluding hydrogens is 304 g/mol. The minimum atomic E-state index is -1.05. The van der Waals surface area contributed by atoms with Gasteiger partial charge in [-0.25, -0.2) is 4.68 Å². The maximum atomic E-state index is 10.9. The lowest BCUT2D eigenvalue weighted by molar-refractivity contribution is -0.424. The Hall–Kier alpha value is -3.81. The number of tetrazole rings is 1. The number of hydrogen-bond acceptors (Lipinski definition) is 10. The normalized spacial score (nSPS) is 10.2. The van der Waals surface area contributed by atoms with Crippen molar-refractivity contribution < 1.29 is 9.85 Å². The van der Waals surface area contributed by atoms with E-state index >= 15 is 0 Å². The molecule has 2 N–H and O–H groups in total. The SMILES string of the molecule is [N-]=[N+]=Nc1c([N+](=O)[O-])c([N+](=O)[O-])nn1CCn1nnnc1N. The number of anilines is 1. The molecule has 114 valence electrons. The fourth-order valence-electron chi connectivity index (χ4n) is 1.58. The second kappa shape index (κ2) is 5.67. The molecule has 0 saturated carbocycles. The summed E-state index contributed by atoms with van der Waals surface area (Å²) in [5.74, 6) is -1.65.